The zero-order valence-corrected chi connectivity index (χ0v) is 13.0. The normalized spacial score (nSPS) is 27.5. The van der Waals surface area contributed by atoms with Gasteiger partial charge in [-0.3, -0.25) is 0 Å². The molecule has 0 N–H and O–H groups in total. The average molecular weight is 359 g/mol. The number of benzene rings is 1. The van der Waals surface area contributed by atoms with Crippen molar-refractivity contribution < 1.29 is 0 Å². The third-order valence-electron chi connectivity index (χ3n) is 4.26. The second-order valence-electron chi connectivity index (χ2n) is 5.26. The number of anilines is 1. The van der Waals surface area contributed by atoms with E-state index in [1.165, 1.54) is 48.1 Å². The van der Waals surface area contributed by atoms with Gasteiger partial charge in [0.25, 0.3) is 0 Å². The average Bonchev–Trinajstić information content (AvgIpc) is 2.88. The Morgan fingerprint density at radius 3 is 2.53 bits per heavy atom. The van der Waals surface area contributed by atoms with E-state index in [0.29, 0.717) is 0 Å². The summed E-state index contributed by atoms with van der Waals surface area (Å²) in [5.74, 6) is 1.91. The van der Waals surface area contributed by atoms with E-state index < -0.39 is 0 Å². The van der Waals surface area contributed by atoms with Crippen molar-refractivity contribution in [1.82, 2.24) is 0 Å². The van der Waals surface area contributed by atoms with E-state index in [2.05, 4.69) is 55.0 Å². The van der Waals surface area contributed by atoms with Crippen LogP contribution in [0.5, 0.6) is 0 Å². The van der Waals surface area contributed by atoms with Crippen molar-refractivity contribution in [2.24, 2.45) is 11.8 Å². The summed E-state index contributed by atoms with van der Waals surface area (Å²) in [5, 5.41) is 0.946. The van der Waals surface area contributed by atoms with Gasteiger partial charge in [0.05, 0.1) is 0 Å². The highest BCUT2D eigenvalue weighted by molar-refractivity contribution is 9.10. The molecule has 1 saturated carbocycles. The van der Waals surface area contributed by atoms with Gasteiger partial charge >= 0.3 is 0 Å². The lowest BCUT2D eigenvalue weighted by molar-refractivity contribution is 0.494. The van der Waals surface area contributed by atoms with Crippen LogP contribution < -0.4 is 4.90 Å². The Balaban J connectivity index is 1.87. The lowest BCUT2D eigenvalue weighted by Gasteiger charge is -2.22. The molecule has 1 heterocycles. The maximum atomic E-state index is 3.60. The van der Waals surface area contributed by atoms with Crippen LogP contribution in [0, 0.1) is 11.8 Å². The molecule has 1 aliphatic carbocycles. The number of halogens is 2. The first-order valence-electron chi connectivity index (χ1n) is 6.37. The topological polar surface area (TPSA) is 3.24 Å². The Kier molecular flexibility index (Phi) is 3.49. The van der Waals surface area contributed by atoms with Crippen molar-refractivity contribution in [3.8, 4) is 0 Å². The molecule has 1 nitrogen and oxygen atoms in total. The Morgan fingerprint density at radius 2 is 1.88 bits per heavy atom. The molecular weight excluding hydrogens is 342 g/mol. The minimum Gasteiger partial charge on any atom is -0.371 e. The molecule has 1 aromatic rings. The van der Waals surface area contributed by atoms with Crippen molar-refractivity contribution in [3.63, 3.8) is 0 Å². The fraction of sp³-hybridized carbons (Fsp3) is 0.571. The molecule has 0 aromatic heterocycles. The quantitative estimate of drug-likeness (QED) is 0.699. The predicted octanol–water partition coefficient (Wildman–Crippen LogP) is 4.58. The lowest BCUT2D eigenvalue weighted by atomic mass is 10.0. The first-order valence-corrected chi connectivity index (χ1v) is 8.28. The molecule has 0 spiro atoms. The summed E-state index contributed by atoms with van der Waals surface area (Å²) in [6.07, 6.45) is 4.34. The molecule has 0 amide bonds. The van der Waals surface area contributed by atoms with Crippen LogP contribution in [0.15, 0.2) is 22.7 Å². The van der Waals surface area contributed by atoms with Crippen molar-refractivity contribution in [2.45, 2.75) is 24.6 Å². The van der Waals surface area contributed by atoms with Crippen molar-refractivity contribution in [1.29, 1.82) is 0 Å². The van der Waals surface area contributed by atoms with E-state index in [-0.39, 0.29) is 0 Å². The van der Waals surface area contributed by atoms with Crippen molar-refractivity contribution >= 4 is 37.5 Å². The number of hydrogen-bond donors (Lipinski definition) is 0. The van der Waals surface area contributed by atoms with Crippen LogP contribution in [0.25, 0.3) is 0 Å². The summed E-state index contributed by atoms with van der Waals surface area (Å²) >= 11 is 7.19. The fourth-order valence-corrected chi connectivity index (χ4v) is 4.20. The Morgan fingerprint density at radius 1 is 1.18 bits per heavy atom. The molecule has 3 heteroatoms. The molecule has 92 valence electrons. The monoisotopic (exact) mass is 357 g/mol. The van der Waals surface area contributed by atoms with Crippen LogP contribution >= 0.6 is 31.9 Å². The first kappa shape index (κ1) is 12.0. The molecule has 1 aliphatic heterocycles. The highest BCUT2D eigenvalue weighted by atomic mass is 79.9. The van der Waals surface area contributed by atoms with Crippen LogP contribution in [0.2, 0.25) is 0 Å². The van der Waals surface area contributed by atoms with Gasteiger partial charge in [-0.05, 0) is 42.4 Å². The molecule has 1 saturated heterocycles. The van der Waals surface area contributed by atoms with Gasteiger partial charge in [0.2, 0.25) is 0 Å². The van der Waals surface area contributed by atoms with Crippen LogP contribution in [-0.4, -0.2) is 13.1 Å². The molecule has 0 bridgehead atoms. The second kappa shape index (κ2) is 4.93. The highest BCUT2D eigenvalue weighted by Gasteiger charge is 2.36. The number of fused-ring (bicyclic) bond motifs is 1. The van der Waals surface area contributed by atoms with E-state index in [4.69, 9.17) is 0 Å². The molecule has 1 aromatic carbocycles. The molecule has 2 fully saturated rings. The highest BCUT2D eigenvalue weighted by Crippen LogP contribution is 2.41. The number of hydrogen-bond acceptors (Lipinski definition) is 1. The van der Waals surface area contributed by atoms with Crippen LogP contribution in [-0.2, 0) is 5.33 Å². The maximum absolute atomic E-state index is 3.60. The standard InChI is InChI=1S/C14H17Br2N/c15-7-10-4-5-13(16)6-14(10)17-8-11-2-1-3-12(11)9-17/h4-6,11-12H,1-3,7-9H2. The summed E-state index contributed by atoms with van der Waals surface area (Å²) in [7, 11) is 0. The number of alkyl halides is 1. The first-order chi connectivity index (χ1) is 8.28. The summed E-state index contributed by atoms with van der Waals surface area (Å²) in [6, 6.07) is 6.64. The lowest BCUT2D eigenvalue weighted by Crippen LogP contribution is -2.21. The molecular formula is C14H17Br2N. The minimum atomic E-state index is 0.946. The third-order valence-corrected chi connectivity index (χ3v) is 5.36. The Bertz CT molecular complexity index is 407. The van der Waals surface area contributed by atoms with Gasteiger partial charge in [0, 0.05) is 28.6 Å². The van der Waals surface area contributed by atoms with Gasteiger partial charge in [-0.1, -0.05) is 44.3 Å². The number of nitrogens with zero attached hydrogens (tertiary/aromatic N) is 1. The summed E-state index contributed by atoms with van der Waals surface area (Å²) in [5.41, 5.74) is 2.83. The van der Waals surface area contributed by atoms with E-state index in [1.54, 1.807) is 0 Å². The molecule has 2 atom stereocenters. The van der Waals surface area contributed by atoms with Gasteiger partial charge in [0.15, 0.2) is 0 Å². The van der Waals surface area contributed by atoms with Gasteiger partial charge in [-0.2, -0.15) is 0 Å². The largest absolute Gasteiger partial charge is 0.371 e. The fourth-order valence-electron chi connectivity index (χ4n) is 3.38. The summed E-state index contributed by atoms with van der Waals surface area (Å²) in [6.45, 7) is 2.53. The van der Waals surface area contributed by atoms with Gasteiger partial charge in [-0.25, -0.2) is 0 Å². The SMILES string of the molecule is BrCc1ccc(Br)cc1N1CC2CCCC2C1. The zero-order valence-electron chi connectivity index (χ0n) is 9.83. The van der Waals surface area contributed by atoms with Gasteiger partial charge in [0.1, 0.15) is 0 Å². The second-order valence-corrected chi connectivity index (χ2v) is 6.74. The number of rotatable bonds is 2. The van der Waals surface area contributed by atoms with E-state index >= 15 is 0 Å². The van der Waals surface area contributed by atoms with Crippen molar-refractivity contribution in [3.05, 3.63) is 28.2 Å². The predicted molar refractivity (Wildman–Crippen MR) is 79.8 cm³/mol. The van der Waals surface area contributed by atoms with E-state index in [1.807, 2.05) is 0 Å². The minimum absolute atomic E-state index is 0.946. The third kappa shape index (κ3) is 2.28. The van der Waals surface area contributed by atoms with Crippen molar-refractivity contribution in [2.75, 3.05) is 18.0 Å². The smallest absolute Gasteiger partial charge is 0.0418 e. The van der Waals surface area contributed by atoms with Crippen LogP contribution in [0.3, 0.4) is 0 Å². The maximum Gasteiger partial charge on any atom is 0.0418 e. The molecule has 3 rings (SSSR count). The van der Waals surface area contributed by atoms with Crippen LogP contribution in [0.4, 0.5) is 5.69 Å². The Labute approximate surface area is 120 Å². The van der Waals surface area contributed by atoms with Gasteiger partial charge < -0.3 is 4.90 Å². The van der Waals surface area contributed by atoms with Gasteiger partial charge in [-0.15, -0.1) is 0 Å². The van der Waals surface area contributed by atoms with E-state index in [9.17, 15) is 0 Å². The zero-order chi connectivity index (χ0) is 11.8. The molecule has 2 unspecified atom stereocenters. The summed E-state index contributed by atoms with van der Waals surface area (Å²) in [4.78, 5) is 2.59. The van der Waals surface area contributed by atoms with Crippen LogP contribution in [0.1, 0.15) is 24.8 Å². The Hall–Kier alpha value is -0.0200. The van der Waals surface area contributed by atoms with E-state index in [0.717, 1.165) is 17.2 Å². The summed E-state index contributed by atoms with van der Waals surface area (Å²) < 4.78 is 1.19. The molecule has 17 heavy (non-hydrogen) atoms. The molecule has 0 radical (unpaired) electrons. The molecule has 2 aliphatic rings.